The molecule has 4 nitrogen and oxygen atoms in total. The minimum Gasteiger partial charge on any atom is -0.358 e. The van der Waals surface area contributed by atoms with E-state index >= 15 is 0 Å². The van der Waals surface area contributed by atoms with Gasteiger partial charge in [-0.3, -0.25) is 9.78 Å². The molecule has 0 radical (unpaired) electrons. The second kappa shape index (κ2) is 7.07. The monoisotopic (exact) mass is 297 g/mol. The molecule has 2 aromatic heterocycles. The second-order valence-electron chi connectivity index (χ2n) is 5.71. The van der Waals surface area contributed by atoms with Crippen LogP contribution in [0.3, 0.4) is 0 Å². The lowest BCUT2D eigenvalue weighted by atomic mass is 9.85. The Bertz CT molecular complexity index is 685. The smallest absolute Gasteiger partial charge is 0.271 e. The Morgan fingerprint density at radius 3 is 2.55 bits per heavy atom. The van der Waals surface area contributed by atoms with Gasteiger partial charge in [0.2, 0.25) is 0 Å². The van der Waals surface area contributed by atoms with Crippen molar-refractivity contribution in [1.29, 1.82) is 0 Å². The number of aromatic nitrogens is 2. The van der Waals surface area contributed by atoms with Crippen molar-refractivity contribution >= 4 is 5.69 Å². The number of anilines is 1. The molecule has 0 fully saturated rings. The summed E-state index contributed by atoms with van der Waals surface area (Å²) < 4.78 is 0. The first-order valence-electron chi connectivity index (χ1n) is 7.65. The van der Waals surface area contributed by atoms with Gasteiger partial charge < -0.3 is 10.3 Å². The average Bonchev–Trinajstić information content (AvgIpc) is 2.57. The molecule has 2 aromatic rings. The molecule has 0 bridgehead atoms. The summed E-state index contributed by atoms with van der Waals surface area (Å²) in [5.41, 5.74) is 2.54. The number of pyridine rings is 2. The highest BCUT2D eigenvalue weighted by molar-refractivity contribution is 5.66. The molecule has 0 atom stereocenters. The summed E-state index contributed by atoms with van der Waals surface area (Å²) >= 11 is 0. The number of hydrogen-bond acceptors (Lipinski definition) is 3. The van der Waals surface area contributed by atoms with Crippen molar-refractivity contribution in [3.63, 3.8) is 0 Å². The van der Waals surface area contributed by atoms with Crippen LogP contribution in [0.2, 0.25) is 0 Å². The third-order valence-corrected chi connectivity index (χ3v) is 4.26. The predicted octanol–water partition coefficient (Wildman–Crippen LogP) is 4.19. The Labute approximate surface area is 131 Å². The van der Waals surface area contributed by atoms with Gasteiger partial charge in [0.15, 0.2) is 0 Å². The van der Waals surface area contributed by atoms with E-state index in [9.17, 15) is 4.79 Å². The van der Waals surface area contributed by atoms with Crippen LogP contribution in [0, 0.1) is 5.41 Å². The molecule has 0 saturated carbocycles. The Hall–Kier alpha value is -2.36. The number of H-pyrrole nitrogens is 1. The van der Waals surface area contributed by atoms with Gasteiger partial charge in [-0.1, -0.05) is 26.8 Å². The Morgan fingerprint density at radius 2 is 1.91 bits per heavy atom. The molecule has 116 valence electrons. The van der Waals surface area contributed by atoms with Crippen LogP contribution in [0.1, 0.15) is 33.6 Å². The molecule has 0 amide bonds. The molecular weight excluding hydrogens is 274 g/mol. The Kier molecular flexibility index (Phi) is 5.15. The maximum absolute atomic E-state index is 11.9. The number of hydrogen-bond donors (Lipinski definition) is 2. The van der Waals surface area contributed by atoms with Gasteiger partial charge in [-0.15, -0.1) is 0 Å². The molecule has 2 N–H and O–H groups in total. The van der Waals surface area contributed by atoms with Crippen molar-refractivity contribution in [1.82, 2.24) is 9.97 Å². The van der Waals surface area contributed by atoms with Gasteiger partial charge >= 0.3 is 0 Å². The largest absolute Gasteiger partial charge is 0.358 e. The number of allylic oxidation sites excluding steroid dienone is 1. The van der Waals surface area contributed by atoms with Crippen LogP contribution in [0.5, 0.6) is 0 Å². The SMILES string of the molecule is CCC(C)(C=CNc1cc(-c2ccncc2)c[nH]c1=O)CC. The fourth-order valence-corrected chi connectivity index (χ4v) is 2.12. The van der Waals surface area contributed by atoms with E-state index in [0.717, 1.165) is 24.0 Å². The summed E-state index contributed by atoms with van der Waals surface area (Å²) in [6.07, 6.45) is 11.3. The molecule has 4 heteroatoms. The zero-order chi connectivity index (χ0) is 16.0. The van der Waals surface area contributed by atoms with Crippen LogP contribution in [-0.2, 0) is 0 Å². The molecule has 0 spiro atoms. The summed E-state index contributed by atoms with van der Waals surface area (Å²) in [6, 6.07) is 5.69. The summed E-state index contributed by atoms with van der Waals surface area (Å²) in [5, 5.41) is 3.11. The third kappa shape index (κ3) is 3.85. The van der Waals surface area contributed by atoms with Crippen LogP contribution in [0.25, 0.3) is 11.1 Å². The lowest BCUT2D eigenvalue weighted by molar-refractivity contribution is 0.395. The molecule has 2 heterocycles. The van der Waals surface area contributed by atoms with E-state index in [4.69, 9.17) is 0 Å². The van der Waals surface area contributed by atoms with Gasteiger partial charge in [-0.05, 0) is 48.2 Å². The standard InChI is InChI=1S/C18H23N3O/c1-4-18(3,5-2)8-11-20-16-12-15(13-21-17(16)22)14-6-9-19-10-7-14/h6-13,20H,4-5H2,1-3H3,(H,21,22). The molecule has 0 aliphatic heterocycles. The van der Waals surface area contributed by atoms with Crippen LogP contribution in [-0.4, -0.2) is 9.97 Å². The van der Waals surface area contributed by atoms with E-state index in [2.05, 4.69) is 42.1 Å². The molecular formula is C18H23N3O. The third-order valence-electron chi connectivity index (χ3n) is 4.26. The topological polar surface area (TPSA) is 57.8 Å². The van der Waals surface area contributed by atoms with Gasteiger partial charge in [0, 0.05) is 24.2 Å². The second-order valence-corrected chi connectivity index (χ2v) is 5.71. The molecule has 0 aliphatic carbocycles. The average molecular weight is 297 g/mol. The number of nitrogens with zero attached hydrogens (tertiary/aromatic N) is 1. The first kappa shape index (κ1) is 16.0. The molecule has 0 aliphatic rings. The first-order valence-corrected chi connectivity index (χ1v) is 7.65. The number of rotatable bonds is 6. The number of aromatic amines is 1. The number of nitrogens with one attached hydrogen (secondary N) is 2. The Morgan fingerprint density at radius 1 is 1.23 bits per heavy atom. The van der Waals surface area contributed by atoms with E-state index in [-0.39, 0.29) is 11.0 Å². The minimum atomic E-state index is -0.128. The molecule has 2 rings (SSSR count). The highest BCUT2D eigenvalue weighted by Gasteiger charge is 2.14. The maximum Gasteiger partial charge on any atom is 0.271 e. The van der Waals surface area contributed by atoms with Crippen LogP contribution < -0.4 is 10.9 Å². The lowest BCUT2D eigenvalue weighted by Gasteiger charge is -2.21. The Balaban J connectivity index is 2.22. The van der Waals surface area contributed by atoms with Gasteiger partial charge in [-0.25, -0.2) is 0 Å². The van der Waals surface area contributed by atoms with E-state index < -0.39 is 0 Å². The van der Waals surface area contributed by atoms with Crippen molar-refractivity contribution < 1.29 is 0 Å². The maximum atomic E-state index is 11.9. The summed E-state index contributed by atoms with van der Waals surface area (Å²) in [6.45, 7) is 6.55. The lowest BCUT2D eigenvalue weighted by Crippen LogP contribution is -2.13. The zero-order valence-corrected chi connectivity index (χ0v) is 13.4. The van der Waals surface area contributed by atoms with E-state index in [1.54, 1.807) is 18.6 Å². The van der Waals surface area contributed by atoms with Gasteiger partial charge in [0.25, 0.3) is 5.56 Å². The van der Waals surface area contributed by atoms with E-state index in [1.165, 1.54) is 0 Å². The van der Waals surface area contributed by atoms with E-state index in [1.807, 2.05) is 24.4 Å². The zero-order valence-electron chi connectivity index (χ0n) is 13.4. The van der Waals surface area contributed by atoms with Crippen LogP contribution in [0.15, 0.2) is 53.9 Å². The van der Waals surface area contributed by atoms with Crippen molar-refractivity contribution in [2.45, 2.75) is 33.6 Å². The minimum absolute atomic E-state index is 0.128. The van der Waals surface area contributed by atoms with Gasteiger partial charge in [-0.2, -0.15) is 0 Å². The normalized spacial score (nSPS) is 11.8. The first-order chi connectivity index (χ1) is 10.6. The fraction of sp³-hybridized carbons (Fsp3) is 0.333. The van der Waals surface area contributed by atoms with Crippen LogP contribution in [0.4, 0.5) is 5.69 Å². The summed E-state index contributed by atoms with van der Waals surface area (Å²) in [4.78, 5) is 18.7. The predicted molar refractivity (Wildman–Crippen MR) is 91.7 cm³/mol. The molecule has 0 aromatic carbocycles. The molecule has 0 unspecified atom stereocenters. The molecule has 0 saturated heterocycles. The fourth-order valence-electron chi connectivity index (χ4n) is 2.12. The van der Waals surface area contributed by atoms with Crippen molar-refractivity contribution in [2.75, 3.05) is 5.32 Å². The van der Waals surface area contributed by atoms with Crippen molar-refractivity contribution in [3.8, 4) is 11.1 Å². The van der Waals surface area contributed by atoms with Gasteiger partial charge in [0.1, 0.15) is 5.69 Å². The summed E-state index contributed by atoms with van der Waals surface area (Å²) in [5.74, 6) is 0. The van der Waals surface area contributed by atoms with Gasteiger partial charge in [0.05, 0.1) is 0 Å². The highest BCUT2D eigenvalue weighted by Crippen LogP contribution is 2.26. The van der Waals surface area contributed by atoms with Crippen LogP contribution >= 0.6 is 0 Å². The van der Waals surface area contributed by atoms with Crippen molar-refractivity contribution in [3.05, 3.63) is 59.4 Å². The molecule has 22 heavy (non-hydrogen) atoms. The van der Waals surface area contributed by atoms with Crippen molar-refractivity contribution in [2.24, 2.45) is 5.41 Å². The highest BCUT2D eigenvalue weighted by atomic mass is 16.1. The summed E-state index contributed by atoms with van der Waals surface area (Å²) in [7, 11) is 0. The quantitative estimate of drug-likeness (QED) is 0.840. The van der Waals surface area contributed by atoms with E-state index in [0.29, 0.717) is 5.69 Å².